The average molecular weight is 253 g/mol. The molecule has 0 aliphatic carbocycles. The number of carbonyl (C=O) groups is 1. The van der Waals surface area contributed by atoms with Crippen LogP contribution in [0.15, 0.2) is 12.3 Å². The van der Waals surface area contributed by atoms with E-state index in [-0.39, 0.29) is 17.3 Å². The van der Waals surface area contributed by atoms with Gasteiger partial charge in [-0.3, -0.25) is 14.9 Å². The Bertz CT molecular complexity index is 470. The van der Waals surface area contributed by atoms with Crippen molar-refractivity contribution in [3.05, 3.63) is 28.1 Å². The second kappa shape index (κ2) is 4.41. The number of aromatic amines is 1. The molecule has 0 bridgehead atoms. The molecule has 1 aliphatic rings. The van der Waals surface area contributed by atoms with Crippen LogP contribution in [-0.2, 0) is 0 Å². The first-order chi connectivity index (χ1) is 8.39. The minimum absolute atomic E-state index is 0.123. The second-order valence-electron chi connectivity index (χ2n) is 4.82. The average Bonchev–Trinajstić information content (AvgIpc) is 2.77. The summed E-state index contributed by atoms with van der Waals surface area (Å²) in [4.78, 5) is 26.2. The predicted octanol–water partition coefficient (Wildman–Crippen LogP) is 0.910. The Morgan fingerprint density at radius 1 is 1.56 bits per heavy atom. The zero-order valence-corrected chi connectivity index (χ0v) is 10.0. The van der Waals surface area contributed by atoms with Crippen LogP contribution >= 0.6 is 0 Å². The van der Waals surface area contributed by atoms with Crippen LogP contribution in [0.3, 0.4) is 0 Å². The zero-order chi connectivity index (χ0) is 13.3. The molecule has 98 valence electrons. The smallest absolute Gasteiger partial charge is 0.287 e. The molecular weight excluding hydrogens is 238 g/mol. The number of nitro groups is 1. The Kier molecular flexibility index (Phi) is 3.08. The first-order valence-electron chi connectivity index (χ1n) is 5.73. The molecule has 1 aromatic rings. The van der Waals surface area contributed by atoms with Crippen LogP contribution in [0, 0.1) is 10.1 Å². The van der Waals surface area contributed by atoms with Gasteiger partial charge in [-0.1, -0.05) is 0 Å². The number of piperidine rings is 1. The molecule has 7 nitrogen and oxygen atoms in total. The van der Waals surface area contributed by atoms with Gasteiger partial charge in [0.1, 0.15) is 5.69 Å². The predicted molar refractivity (Wildman–Crippen MR) is 63.2 cm³/mol. The molecule has 1 fully saturated rings. The molecule has 1 saturated heterocycles. The van der Waals surface area contributed by atoms with Gasteiger partial charge in [0.25, 0.3) is 11.6 Å². The molecule has 2 rings (SSSR count). The fraction of sp³-hybridized carbons (Fsp3) is 0.545. The van der Waals surface area contributed by atoms with Crippen molar-refractivity contribution in [1.82, 2.24) is 9.88 Å². The summed E-state index contributed by atoms with van der Waals surface area (Å²) in [6.45, 7) is 2.66. The summed E-state index contributed by atoms with van der Waals surface area (Å²) in [5.74, 6) is -0.265. The van der Waals surface area contributed by atoms with Crippen LogP contribution in [0.1, 0.15) is 30.3 Å². The lowest BCUT2D eigenvalue weighted by Gasteiger charge is -2.35. The van der Waals surface area contributed by atoms with Crippen molar-refractivity contribution in [2.75, 3.05) is 13.1 Å². The topological polar surface area (TPSA) is 99.5 Å². The number of amides is 1. The summed E-state index contributed by atoms with van der Waals surface area (Å²) in [6, 6.07) is 1.23. The normalized spacial score (nSPS) is 18.7. The highest BCUT2D eigenvalue weighted by Gasteiger charge is 2.30. The molecule has 18 heavy (non-hydrogen) atoms. The van der Waals surface area contributed by atoms with Crippen LogP contribution in [0.2, 0.25) is 0 Å². The van der Waals surface area contributed by atoms with E-state index in [4.69, 9.17) is 0 Å². The molecule has 0 atom stereocenters. The summed E-state index contributed by atoms with van der Waals surface area (Å²) in [5.41, 5.74) is -0.635. The number of aromatic nitrogens is 1. The lowest BCUT2D eigenvalue weighted by Crippen LogP contribution is -2.45. The van der Waals surface area contributed by atoms with Crippen molar-refractivity contribution in [2.24, 2.45) is 0 Å². The van der Waals surface area contributed by atoms with Gasteiger partial charge in [-0.15, -0.1) is 0 Å². The summed E-state index contributed by atoms with van der Waals surface area (Å²) in [5, 5.41) is 20.3. The van der Waals surface area contributed by atoms with Crippen LogP contribution in [0.5, 0.6) is 0 Å². The van der Waals surface area contributed by atoms with E-state index in [9.17, 15) is 20.0 Å². The lowest BCUT2D eigenvalue weighted by atomic mass is 9.94. The number of nitrogens with one attached hydrogen (secondary N) is 1. The van der Waals surface area contributed by atoms with Gasteiger partial charge < -0.3 is 15.0 Å². The molecule has 1 aromatic heterocycles. The molecule has 0 radical (unpaired) electrons. The lowest BCUT2D eigenvalue weighted by molar-refractivity contribution is -0.384. The third-order valence-electron chi connectivity index (χ3n) is 3.24. The number of aliphatic hydroxyl groups is 1. The number of hydrogen-bond acceptors (Lipinski definition) is 4. The maximum absolute atomic E-state index is 12.0. The van der Waals surface area contributed by atoms with E-state index in [1.54, 1.807) is 11.8 Å². The van der Waals surface area contributed by atoms with E-state index in [0.29, 0.717) is 25.9 Å². The molecular formula is C11H15N3O4. The quantitative estimate of drug-likeness (QED) is 0.604. The Balaban J connectivity index is 2.05. The molecule has 2 heterocycles. The number of H-pyrrole nitrogens is 1. The highest BCUT2D eigenvalue weighted by molar-refractivity contribution is 5.93. The summed E-state index contributed by atoms with van der Waals surface area (Å²) < 4.78 is 0. The summed E-state index contributed by atoms with van der Waals surface area (Å²) in [6.07, 6.45) is 2.23. The standard InChI is InChI=1S/C11H15N3O4/c1-11(16)2-4-13(5-3-11)10(15)9-6-8(7-12-9)14(17)18/h6-7,12,16H,2-5H2,1H3. The summed E-state index contributed by atoms with van der Waals surface area (Å²) in [7, 11) is 0. The van der Waals surface area contributed by atoms with E-state index in [0.717, 1.165) is 0 Å². The molecule has 1 aliphatic heterocycles. The first-order valence-corrected chi connectivity index (χ1v) is 5.73. The zero-order valence-electron chi connectivity index (χ0n) is 10.0. The van der Waals surface area contributed by atoms with Gasteiger partial charge in [0.15, 0.2) is 0 Å². The van der Waals surface area contributed by atoms with Gasteiger partial charge in [-0.05, 0) is 19.8 Å². The summed E-state index contributed by atoms with van der Waals surface area (Å²) >= 11 is 0. The van der Waals surface area contributed by atoms with E-state index in [2.05, 4.69) is 4.98 Å². The van der Waals surface area contributed by atoms with Gasteiger partial charge in [0, 0.05) is 19.2 Å². The molecule has 0 spiro atoms. The van der Waals surface area contributed by atoms with Gasteiger partial charge in [-0.2, -0.15) is 0 Å². The Morgan fingerprint density at radius 3 is 2.67 bits per heavy atom. The fourth-order valence-electron chi connectivity index (χ4n) is 1.97. The number of likely N-dealkylation sites (tertiary alicyclic amines) is 1. The van der Waals surface area contributed by atoms with Gasteiger partial charge in [-0.25, -0.2) is 0 Å². The Morgan fingerprint density at radius 2 is 2.17 bits per heavy atom. The monoisotopic (exact) mass is 253 g/mol. The number of rotatable bonds is 2. The minimum atomic E-state index is -0.724. The van der Waals surface area contributed by atoms with Crippen molar-refractivity contribution < 1.29 is 14.8 Å². The van der Waals surface area contributed by atoms with Crippen molar-refractivity contribution in [1.29, 1.82) is 0 Å². The third kappa shape index (κ3) is 2.51. The molecule has 0 aromatic carbocycles. The number of carbonyl (C=O) groups excluding carboxylic acids is 1. The van der Waals surface area contributed by atoms with E-state index in [1.807, 2.05) is 0 Å². The van der Waals surface area contributed by atoms with Crippen LogP contribution in [-0.4, -0.2) is 44.5 Å². The van der Waals surface area contributed by atoms with Crippen molar-refractivity contribution in [2.45, 2.75) is 25.4 Å². The molecule has 1 amide bonds. The highest BCUT2D eigenvalue weighted by Crippen LogP contribution is 2.23. The highest BCUT2D eigenvalue weighted by atomic mass is 16.6. The van der Waals surface area contributed by atoms with Crippen LogP contribution in [0.4, 0.5) is 5.69 Å². The maximum atomic E-state index is 12.0. The second-order valence-corrected chi connectivity index (χ2v) is 4.82. The van der Waals surface area contributed by atoms with Crippen LogP contribution < -0.4 is 0 Å². The molecule has 0 saturated carbocycles. The van der Waals surface area contributed by atoms with Crippen molar-refractivity contribution in [3.63, 3.8) is 0 Å². The van der Waals surface area contributed by atoms with Crippen molar-refractivity contribution in [3.8, 4) is 0 Å². The first kappa shape index (κ1) is 12.6. The molecule has 7 heteroatoms. The Labute approximate surface area is 104 Å². The van der Waals surface area contributed by atoms with Crippen LogP contribution in [0.25, 0.3) is 0 Å². The van der Waals surface area contributed by atoms with Crippen molar-refractivity contribution >= 4 is 11.6 Å². The molecule has 0 unspecified atom stereocenters. The van der Waals surface area contributed by atoms with Gasteiger partial charge >= 0.3 is 0 Å². The SMILES string of the molecule is CC1(O)CCN(C(=O)c2cc([N+](=O)[O-])c[nH]2)CC1. The minimum Gasteiger partial charge on any atom is -0.390 e. The maximum Gasteiger partial charge on any atom is 0.287 e. The fourth-order valence-corrected chi connectivity index (χ4v) is 1.97. The Hall–Kier alpha value is -1.89. The van der Waals surface area contributed by atoms with E-state index in [1.165, 1.54) is 12.3 Å². The van der Waals surface area contributed by atoms with Gasteiger partial charge in [0.2, 0.25) is 0 Å². The number of hydrogen-bond donors (Lipinski definition) is 2. The van der Waals surface area contributed by atoms with Gasteiger partial charge in [0.05, 0.1) is 16.7 Å². The number of nitrogens with zero attached hydrogens (tertiary/aromatic N) is 2. The largest absolute Gasteiger partial charge is 0.390 e. The van der Waals surface area contributed by atoms with E-state index < -0.39 is 10.5 Å². The third-order valence-corrected chi connectivity index (χ3v) is 3.24. The molecule has 2 N–H and O–H groups in total. The van der Waals surface area contributed by atoms with E-state index >= 15 is 0 Å².